The summed E-state index contributed by atoms with van der Waals surface area (Å²) in [6.45, 7) is 7.98. The standard InChI is InChI=1S/C13H16N4S/c1-7-5-6-11(12(14)18)13(15-7)17-10(4)8(2)9(3)16-17/h5-6H,1-4H3,(H2,14,18). The third-order valence-corrected chi connectivity index (χ3v) is 3.35. The number of nitrogens with zero attached hydrogens (tertiary/aromatic N) is 3. The molecule has 2 N–H and O–H groups in total. The lowest BCUT2D eigenvalue weighted by molar-refractivity contribution is 0.799. The highest BCUT2D eigenvalue weighted by molar-refractivity contribution is 7.80. The van der Waals surface area contributed by atoms with Gasteiger partial charge in [-0.1, -0.05) is 12.2 Å². The summed E-state index contributed by atoms with van der Waals surface area (Å²) in [6.07, 6.45) is 0. The third kappa shape index (κ3) is 2.01. The van der Waals surface area contributed by atoms with Crippen LogP contribution in [0.15, 0.2) is 12.1 Å². The summed E-state index contributed by atoms with van der Waals surface area (Å²) < 4.78 is 1.81. The Hall–Kier alpha value is -1.75. The minimum Gasteiger partial charge on any atom is -0.389 e. The zero-order valence-electron chi connectivity index (χ0n) is 11.0. The van der Waals surface area contributed by atoms with E-state index in [1.807, 2.05) is 44.5 Å². The Morgan fingerprint density at radius 2 is 1.89 bits per heavy atom. The van der Waals surface area contributed by atoms with Crippen LogP contribution in [0.3, 0.4) is 0 Å². The number of rotatable bonds is 2. The number of hydrogen-bond donors (Lipinski definition) is 1. The summed E-state index contributed by atoms with van der Waals surface area (Å²) in [6, 6.07) is 3.79. The van der Waals surface area contributed by atoms with Crippen LogP contribution in [0.2, 0.25) is 0 Å². The molecule has 0 atom stereocenters. The largest absolute Gasteiger partial charge is 0.389 e. The lowest BCUT2D eigenvalue weighted by Crippen LogP contribution is -2.16. The first-order valence-electron chi connectivity index (χ1n) is 5.72. The highest BCUT2D eigenvalue weighted by Crippen LogP contribution is 2.19. The van der Waals surface area contributed by atoms with Gasteiger partial charge in [-0.25, -0.2) is 9.67 Å². The second-order valence-electron chi connectivity index (χ2n) is 4.40. The second-order valence-corrected chi connectivity index (χ2v) is 4.84. The molecule has 0 saturated carbocycles. The number of thiocarbonyl (C=S) groups is 1. The van der Waals surface area contributed by atoms with E-state index in [1.54, 1.807) is 0 Å². The summed E-state index contributed by atoms with van der Waals surface area (Å²) in [5.74, 6) is 0.705. The van der Waals surface area contributed by atoms with Crippen molar-refractivity contribution in [1.29, 1.82) is 0 Å². The summed E-state index contributed by atoms with van der Waals surface area (Å²) in [5.41, 5.74) is 10.6. The number of aromatic nitrogens is 3. The first kappa shape index (κ1) is 12.7. The molecule has 4 nitrogen and oxygen atoms in total. The van der Waals surface area contributed by atoms with Gasteiger partial charge < -0.3 is 5.73 Å². The molecule has 2 aromatic heterocycles. The summed E-state index contributed by atoms with van der Waals surface area (Å²) in [7, 11) is 0. The maximum atomic E-state index is 5.75. The van der Waals surface area contributed by atoms with Crippen LogP contribution in [0.5, 0.6) is 0 Å². The summed E-state index contributed by atoms with van der Waals surface area (Å²) in [5, 5.41) is 4.50. The zero-order chi connectivity index (χ0) is 13.4. The van der Waals surface area contributed by atoms with Gasteiger partial charge in [0.1, 0.15) is 4.99 Å². The van der Waals surface area contributed by atoms with Gasteiger partial charge in [0, 0.05) is 11.4 Å². The summed E-state index contributed by atoms with van der Waals surface area (Å²) in [4.78, 5) is 4.85. The van der Waals surface area contributed by atoms with Crippen LogP contribution >= 0.6 is 12.2 Å². The second kappa shape index (κ2) is 4.49. The smallest absolute Gasteiger partial charge is 0.164 e. The van der Waals surface area contributed by atoms with Crippen LogP contribution in [0.4, 0.5) is 0 Å². The Balaban J connectivity index is 2.73. The lowest BCUT2D eigenvalue weighted by atomic mass is 10.2. The van der Waals surface area contributed by atoms with E-state index >= 15 is 0 Å². The van der Waals surface area contributed by atoms with Crippen molar-refractivity contribution in [3.05, 3.63) is 40.3 Å². The highest BCUT2D eigenvalue weighted by Gasteiger charge is 2.15. The van der Waals surface area contributed by atoms with Crippen molar-refractivity contribution in [2.45, 2.75) is 27.7 Å². The van der Waals surface area contributed by atoms with Crippen molar-refractivity contribution in [2.75, 3.05) is 0 Å². The Kier molecular flexibility index (Phi) is 3.17. The molecule has 0 fully saturated rings. The molecule has 0 aromatic carbocycles. The number of hydrogen-bond acceptors (Lipinski definition) is 3. The molecule has 0 saturated heterocycles. The van der Waals surface area contributed by atoms with Gasteiger partial charge >= 0.3 is 0 Å². The monoisotopic (exact) mass is 260 g/mol. The normalized spacial score (nSPS) is 10.7. The van der Waals surface area contributed by atoms with E-state index in [-0.39, 0.29) is 0 Å². The van der Waals surface area contributed by atoms with Gasteiger partial charge in [0.05, 0.1) is 11.3 Å². The van der Waals surface area contributed by atoms with Gasteiger partial charge in [-0.2, -0.15) is 5.10 Å². The van der Waals surface area contributed by atoms with Gasteiger partial charge in [0.2, 0.25) is 0 Å². The third-order valence-electron chi connectivity index (χ3n) is 3.13. The number of pyridine rings is 1. The van der Waals surface area contributed by atoms with Crippen LogP contribution in [0.1, 0.15) is 28.2 Å². The maximum Gasteiger partial charge on any atom is 0.164 e. The van der Waals surface area contributed by atoms with E-state index in [0.717, 1.165) is 28.2 Å². The van der Waals surface area contributed by atoms with Gasteiger partial charge in [0.15, 0.2) is 5.82 Å². The van der Waals surface area contributed by atoms with Gasteiger partial charge in [-0.15, -0.1) is 0 Å². The van der Waals surface area contributed by atoms with Crippen molar-refractivity contribution in [1.82, 2.24) is 14.8 Å². The van der Waals surface area contributed by atoms with Gasteiger partial charge in [-0.05, 0) is 45.4 Å². The molecule has 0 aliphatic heterocycles. The van der Waals surface area contributed by atoms with Crippen molar-refractivity contribution in [2.24, 2.45) is 5.73 Å². The number of aryl methyl sites for hydroxylation is 2. The van der Waals surface area contributed by atoms with Gasteiger partial charge in [-0.3, -0.25) is 0 Å². The van der Waals surface area contributed by atoms with Crippen LogP contribution in [0, 0.1) is 27.7 Å². The van der Waals surface area contributed by atoms with Crippen LogP contribution < -0.4 is 5.73 Å². The molecule has 0 aliphatic carbocycles. The molecule has 0 aliphatic rings. The highest BCUT2D eigenvalue weighted by atomic mass is 32.1. The molecule has 0 radical (unpaired) electrons. The summed E-state index contributed by atoms with van der Waals surface area (Å²) >= 11 is 5.07. The molecular weight excluding hydrogens is 244 g/mol. The topological polar surface area (TPSA) is 56.7 Å². The Morgan fingerprint density at radius 1 is 1.22 bits per heavy atom. The van der Waals surface area contributed by atoms with Crippen LogP contribution in [-0.4, -0.2) is 19.8 Å². The average molecular weight is 260 g/mol. The van der Waals surface area contributed by atoms with E-state index in [9.17, 15) is 0 Å². The zero-order valence-corrected chi connectivity index (χ0v) is 11.8. The fourth-order valence-electron chi connectivity index (χ4n) is 1.82. The van der Waals surface area contributed by atoms with Crippen molar-refractivity contribution >= 4 is 17.2 Å². The van der Waals surface area contributed by atoms with E-state index in [2.05, 4.69) is 10.1 Å². The first-order valence-corrected chi connectivity index (χ1v) is 6.13. The molecule has 94 valence electrons. The molecule has 5 heteroatoms. The van der Waals surface area contributed by atoms with Crippen LogP contribution in [0.25, 0.3) is 5.82 Å². The van der Waals surface area contributed by atoms with E-state index in [4.69, 9.17) is 18.0 Å². The Morgan fingerprint density at radius 3 is 2.39 bits per heavy atom. The molecule has 2 rings (SSSR count). The minimum atomic E-state index is 0.336. The van der Waals surface area contributed by atoms with Crippen LogP contribution in [-0.2, 0) is 0 Å². The predicted octanol–water partition coefficient (Wildman–Crippen LogP) is 2.14. The first-order chi connectivity index (χ1) is 8.41. The average Bonchev–Trinajstić information content (AvgIpc) is 2.56. The SMILES string of the molecule is Cc1ccc(C(N)=S)c(-n2nc(C)c(C)c2C)n1. The Bertz CT molecular complexity index is 628. The Labute approximate surface area is 112 Å². The van der Waals surface area contributed by atoms with Gasteiger partial charge in [0.25, 0.3) is 0 Å². The molecule has 2 aromatic rings. The molecule has 2 heterocycles. The predicted molar refractivity (Wildman–Crippen MR) is 76.2 cm³/mol. The molecule has 18 heavy (non-hydrogen) atoms. The van der Waals surface area contributed by atoms with Crippen molar-refractivity contribution in [3.8, 4) is 5.82 Å². The fourth-order valence-corrected chi connectivity index (χ4v) is 1.98. The van der Waals surface area contributed by atoms with Crippen molar-refractivity contribution in [3.63, 3.8) is 0 Å². The molecular formula is C13H16N4S. The molecule has 0 bridgehead atoms. The quantitative estimate of drug-likeness (QED) is 0.840. The van der Waals surface area contributed by atoms with Crippen molar-refractivity contribution < 1.29 is 0 Å². The van der Waals surface area contributed by atoms with E-state index < -0.39 is 0 Å². The fraction of sp³-hybridized carbons (Fsp3) is 0.308. The molecule has 0 spiro atoms. The van der Waals surface area contributed by atoms with E-state index in [0.29, 0.717) is 10.8 Å². The molecule has 0 unspecified atom stereocenters. The molecule has 0 amide bonds. The van der Waals surface area contributed by atoms with E-state index in [1.165, 1.54) is 0 Å². The number of nitrogens with two attached hydrogens (primary N) is 1. The minimum absolute atomic E-state index is 0.336. The lowest BCUT2D eigenvalue weighted by Gasteiger charge is -2.10. The maximum absolute atomic E-state index is 5.75.